The van der Waals surface area contributed by atoms with Crippen LogP contribution in [0.15, 0.2) is 53.1 Å². The van der Waals surface area contributed by atoms with Crippen LogP contribution in [0.2, 0.25) is 0 Å². The number of halogens is 1. The average molecular weight is 348 g/mol. The van der Waals surface area contributed by atoms with Crippen molar-refractivity contribution in [2.45, 2.75) is 6.42 Å². The third kappa shape index (κ3) is 4.56. The van der Waals surface area contributed by atoms with Crippen LogP contribution in [0, 0.1) is 0 Å². The van der Waals surface area contributed by atoms with Gasteiger partial charge in [0.25, 0.3) is 5.91 Å². The number of pyridine rings is 1. The van der Waals surface area contributed by atoms with Crippen molar-refractivity contribution in [3.05, 3.63) is 58.8 Å². The minimum atomic E-state index is -0.148. The van der Waals surface area contributed by atoms with Crippen LogP contribution in [0.3, 0.4) is 0 Å². The van der Waals surface area contributed by atoms with Gasteiger partial charge in [-0.3, -0.25) is 4.79 Å². The largest absolute Gasteiger partial charge is 0.375 e. The van der Waals surface area contributed by atoms with E-state index in [2.05, 4.69) is 43.3 Å². The molecule has 0 atom stereocenters. The fraction of sp³-hybridized carbons (Fsp3) is 0.250. The molecule has 1 N–H and O–H groups in total. The Bertz CT molecular complexity index is 589. The zero-order valence-corrected chi connectivity index (χ0v) is 13.5. The van der Waals surface area contributed by atoms with E-state index in [-0.39, 0.29) is 5.91 Å². The number of para-hydroxylation sites is 1. The third-order valence-electron chi connectivity index (χ3n) is 3.13. The quantitative estimate of drug-likeness (QED) is 0.816. The molecule has 21 heavy (non-hydrogen) atoms. The number of amides is 1. The zero-order chi connectivity index (χ0) is 15.1. The Labute approximate surface area is 133 Å². The molecule has 0 unspecified atom stereocenters. The van der Waals surface area contributed by atoms with Crippen molar-refractivity contribution in [2.24, 2.45) is 0 Å². The van der Waals surface area contributed by atoms with Gasteiger partial charge in [-0.2, -0.15) is 0 Å². The molecule has 1 amide bonds. The summed E-state index contributed by atoms with van der Waals surface area (Å²) in [7, 11) is 2.05. The summed E-state index contributed by atoms with van der Waals surface area (Å²) in [6.07, 6.45) is 2.49. The standard InChI is InChI=1S/C16H18BrN3O/c1-20(13-7-3-2-4-8-13)12-6-11-19-16(21)15-14(17)9-5-10-18-15/h2-5,7-10H,6,11-12H2,1H3,(H,19,21). The second-order valence-electron chi connectivity index (χ2n) is 4.70. The first-order valence-corrected chi connectivity index (χ1v) is 7.62. The molecule has 110 valence electrons. The van der Waals surface area contributed by atoms with E-state index < -0.39 is 0 Å². The smallest absolute Gasteiger partial charge is 0.271 e. The lowest BCUT2D eigenvalue weighted by Crippen LogP contribution is -2.28. The molecule has 5 heteroatoms. The highest BCUT2D eigenvalue weighted by atomic mass is 79.9. The molecule has 1 aromatic carbocycles. The van der Waals surface area contributed by atoms with Gasteiger partial charge in [0.2, 0.25) is 0 Å². The molecule has 2 aromatic rings. The number of hydrogen-bond donors (Lipinski definition) is 1. The van der Waals surface area contributed by atoms with Crippen LogP contribution in [0.4, 0.5) is 5.69 Å². The number of rotatable bonds is 6. The van der Waals surface area contributed by atoms with Crippen LogP contribution in [0.5, 0.6) is 0 Å². The van der Waals surface area contributed by atoms with Crippen molar-refractivity contribution in [1.82, 2.24) is 10.3 Å². The molecule has 1 aromatic heterocycles. The Kier molecular flexibility index (Phi) is 5.75. The van der Waals surface area contributed by atoms with E-state index >= 15 is 0 Å². The Morgan fingerprint density at radius 3 is 2.71 bits per heavy atom. The van der Waals surface area contributed by atoms with Gasteiger partial charge in [-0.25, -0.2) is 4.98 Å². The van der Waals surface area contributed by atoms with Gasteiger partial charge >= 0.3 is 0 Å². The Balaban J connectivity index is 1.75. The number of hydrogen-bond acceptors (Lipinski definition) is 3. The van der Waals surface area contributed by atoms with E-state index in [1.54, 1.807) is 12.3 Å². The normalized spacial score (nSPS) is 10.2. The molecule has 4 nitrogen and oxygen atoms in total. The van der Waals surface area contributed by atoms with Gasteiger partial charge in [0.05, 0.1) is 0 Å². The van der Waals surface area contributed by atoms with Gasteiger partial charge in [0.1, 0.15) is 5.69 Å². The highest BCUT2D eigenvalue weighted by molar-refractivity contribution is 9.10. The number of nitrogens with one attached hydrogen (secondary N) is 1. The number of carbonyl (C=O) groups is 1. The monoisotopic (exact) mass is 347 g/mol. The summed E-state index contributed by atoms with van der Waals surface area (Å²) >= 11 is 3.33. The van der Waals surface area contributed by atoms with Crippen molar-refractivity contribution in [1.29, 1.82) is 0 Å². The number of nitrogens with zero attached hydrogens (tertiary/aromatic N) is 2. The fourth-order valence-corrected chi connectivity index (χ4v) is 2.40. The molecule has 0 aliphatic rings. The maximum Gasteiger partial charge on any atom is 0.271 e. The average Bonchev–Trinajstić information content (AvgIpc) is 2.52. The molecule has 1 heterocycles. The third-order valence-corrected chi connectivity index (χ3v) is 3.77. The molecule has 0 saturated heterocycles. The summed E-state index contributed by atoms with van der Waals surface area (Å²) in [6, 6.07) is 13.8. The zero-order valence-electron chi connectivity index (χ0n) is 11.9. The fourth-order valence-electron chi connectivity index (χ4n) is 1.97. The van der Waals surface area contributed by atoms with Crippen molar-refractivity contribution in [3.63, 3.8) is 0 Å². The molecular weight excluding hydrogens is 330 g/mol. The van der Waals surface area contributed by atoms with Crippen LogP contribution in [0.1, 0.15) is 16.9 Å². The SMILES string of the molecule is CN(CCCNC(=O)c1ncccc1Br)c1ccccc1. The van der Waals surface area contributed by atoms with E-state index in [1.165, 1.54) is 5.69 Å². The Morgan fingerprint density at radius 1 is 1.24 bits per heavy atom. The predicted octanol–water partition coefficient (Wildman–Crippen LogP) is 3.10. The summed E-state index contributed by atoms with van der Waals surface area (Å²) < 4.78 is 0.712. The first-order valence-electron chi connectivity index (χ1n) is 6.83. The molecule has 0 bridgehead atoms. The van der Waals surface area contributed by atoms with Crippen LogP contribution >= 0.6 is 15.9 Å². The van der Waals surface area contributed by atoms with Gasteiger partial charge in [-0.1, -0.05) is 18.2 Å². The summed E-state index contributed by atoms with van der Waals surface area (Å²) in [5.74, 6) is -0.148. The second-order valence-corrected chi connectivity index (χ2v) is 5.55. The van der Waals surface area contributed by atoms with Gasteiger partial charge in [0, 0.05) is 36.5 Å². The van der Waals surface area contributed by atoms with E-state index in [1.807, 2.05) is 31.3 Å². The van der Waals surface area contributed by atoms with Gasteiger partial charge < -0.3 is 10.2 Å². The Morgan fingerprint density at radius 2 is 2.00 bits per heavy atom. The molecule has 0 aliphatic carbocycles. The number of carbonyl (C=O) groups excluding carboxylic acids is 1. The highest BCUT2D eigenvalue weighted by Gasteiger charge is 2.10. The van der Waals surface area contributed by atoms with E-state index in [4.69, 9.17) is 0 Å². The van der Waals surface area contributed by atoms with Gasteiger partial charge in [-0.05, 0) is 46.6 Å². The van der Waals surface area contributed by atoms with Crippen LogP contribution < -0.4 is 10.2 Å². The summed E-state index contributed by atoms with van der Waals surface area (Å²) in [6.45, 7) is 1.51. The maximum absolute atomic E-state index is 12.0. The van der Waals surface area contributed by atoms with Crippen LogP contribution in [0.25, 0.3) is 0 Å². The lowest BCUT2D eigenvalue weighted by atomic mass is 10.3. The van der Waals surface area contributed by atoms with E-state index in [0.29, 0.717) is 16.7 Å². The van der Waals surface area contributed by atoms with Gasteiger partial charge in [-0.15, -0.1) is 0 Å². The molecule has 2 rings (SSSR count). The van der Waals surface area contributed by atoms with Crippen molar-refractivity contribution in [3.8, 4) is 0 Å². The van der Waals surface area contributed by atoms with Crippen molar-refractivity contribution in [2.75, 3.05) is 25.0 Å². The minimum absolute atomic E-state index is 0.148. The first kappa shape index (κ1) is 15.5. The number of anilines is 1. The molecule has 0 spiro atoms. The second kappa shape index (κ2) is 7.78. The molecule has 0 radical (unpaired) electrons. The Hall–Kier alpha value is -1.88. The summed E-state index contributed by atoms with van der Waals surface area (Å²) in [4.78, 5) is 18.2. The predicted molar refractivity (Wildman–Crippen MR) is 88.6 cm³/mol. The van der Waals surface area contributed by atoms with Crippen LogP contribution in [-0.2, 0) is 0 Å². The minimum Gasteiger partial charge on any atom is -0.375 e. The maximum atomic E-state index is 12.0. The van der Waals surface area contributed by atoms with Crippen molar-refractivity contribution >= 4 is 27.5 Å². The summed E-state index contributed by atoms with van der Waals surface area (Å²) in [5, 5.41) is 2.89. The van der Waals surface area contributed by atoms with E-state index in [9.17, 15) is 4.79 Å². The molecular formula is C16H18BrN3O. The number of benzene rings is 1. The lowest BCUT2D eigenvalue weighted by Gasteiger charge is -2.19. The highest BCUT2D eigenvalue weighted by Crippen LogP contribution is 2.13. The number of aromatic nitrogens is 1. The van der Waals surface area contributed by atoms with Gasteiger partial charge in [0.15, 0.2) is 0 Å². The molecule has 0 saturated carbocycles. The molecule has 0 fully saturated rings. The first-order chi connectivity index (χ1) is 10.2. The molecule has 0 aliphatic heterocycles. The van der Waals surface area contributed by atoms with Crippen molar-refractivity contribution < 1.29 is 4.79 Å². The summed E-state index contributed by atoms with van der Waals surface area (Å²) in [5.41, 5.74) is 1.60. The topological polar surface area (TPSA) is 45.2 Å². The van der Waals surface area contributed by atoms with E-state index in [0.717, 1.165) is 13.0 Å². The van der Waals surface area contributed by atoms with Crippen LogP contribution in [-0.4, -0.2) is 31.0 Å². The lowest BCUT2D eigenvalue weighted by molar-refractivity contribution is 0.0947.